The molecule has 0 aliphatic heterocycles. The summed E-state index contributed by atoms with van der Waals surface area (Å²) < 4.78 is 0. The van der Waals surface area contributed by atoms with E-state index in [0.717, 1.165) is 5.56 Å². The zero-order valence-corrected chi connectivity index (χ0v) is 8.92. The van der Waals surface area contributed by atoms with E-state index < -0.39 is 12.1 Å². The molecule has 3 heteroatoms. The molecule has 0 saturated heterocycles. The molecule has 0 fully saturated rings. The van der Waals surface area contributed by atoms with Crippen LogP contribution in [-0.4, -0.2) is 17.2 Å². The molecule has 1 N–H and O–H groups in total. The maximum Gasteiger partial charge on any atom is 0.235 e. The molecule has 0 aromatic heterocycles. The van der Waals surface area contributed by atoms with Crippen LogP contribution in [0.2, 0.25) is 0 Å². The quantitative estimate of drug-likeness (QED) is 0.604. The van der Waals surface area contributed by atoms with Gasteiger partial charge >= 0.3 is 0 Å². The Bertz CT molecular complexity index is 342. The molecule has 0 aliphatic carbocycles. The Morgan fingerprint density at radius 3 is 2.33 bits per heavy atom. The molecule has 0 spiro atoms. The van der Waals surface area contributed by atoms with E-state index in [1.807, 2.05) is 44.2 Å². The Labute approximate surface area is 89.5 Å². The minimum absolute atomic E-state index is 0.0988. The number of rotatable bonds is 4. The number of hydrogen-bond acceptors (Lipinski definition) is 3. The topological polar surface area (TPSA) is 49.7 Å². The number of benzene rings is 1. The van der Waals surface area contributed by atoms with Crippen LogP contribution in [0.25, 0.3) is 0 Å². The van der Waals surface area contributed by atoms with Crippen molar-refractivity contribution in [2.75, 3.05) is 0 Å². The van der Waals surface area contributed by atoms with Gasteiger partial charge in [-0.05, 0) is 11.5 Å². The number of isocyanates is 1. The van der Waals surface area contributed by atoms with Gasteiger partial charge in [0, 0.05) is 0 Å². The number of nitrogens with zero attached hydrogens (tertiary/aromatic N) is 1. The van der Waals surface area contributed by atoms with Gasteiger partial charge in [0.1, 0.15) is 6.10 Å². The van der Waals surface area contributed by atoms with Crippen molar-refractivity contribution < 1.29 is 9.90 Å². The minimum atomic E-state index is -0.743. The molecule has 80 valence electrons. The second kappa shape index (κ2) is 5.44. The molecule has 0 heterocycles. The lowest BCUT2D eigenvalue weighted by Gasteiger charge is -2.21. The lowest BCUT2D eigenvalue weighted by Crippen LogP contribution is -2.22. The van der Waals surface area contributed by atoms with Gasteiger partial charge in [-0.1, -0.05) is 44.2 Å². The van der Waals surface area contributed by atoms with E-state index in [9.17, 15) is 9.90 Å². The van der Waals surface area contributed by atoms with Crippen molar-refractivity contribution in [1.82, 2.24) is 0 Å². The second-order valence-electron chi connectivity index (χ2n) is 3.81. The maximum absolute atomic E-state index is 10.3. The van der Waals surface area contributed by atoms with Gasteiger partial charge in [-0.15, -0.1) is 0 Å². The summed E-state index contributed by atoms with van der Waals surface area (Å²) in [5.74, 6) is 0.0988. The Morgan fingerprint density at radius 1 is 1.27 bits per heavy atom. The molecule has 2 atom stereocenters. The monoisotopic (exact) mass is 205 g/mol. The Kier molecular flexibility index (Phi) is 4.22. The third-order valence-electron chi connectivity index (χ3n) is 2.35. The highest BCUT2D eigenvalue weighted by molar-refractivity contribution is 5.34. The summed E-state index contributed by atoms with van der Waals surface area (Å²) in [4.78, 5) is 13.9. The first kappa shape index (κ1) is 11.6. The van der Waals surface area contributed by atoms with Crippen molar-refractivity contribution in [1.29, 1.82) is 0 Å². The number of hydrogen-bond donors (Lipinski definition) is 1. The normalized spacial score (nSPS) is 14.4. The fourth-order valence-corrected chi connectivity index (χ4v) is 1.49. The Morgan fingerprint density at radius 2 is 1.87 bits per heavy atom. The largest absolute Gasteiger partial charge is 0.386 e. The van der Waals surface area contributed by atoms with Gasteiger partial charge in [-0.2, -0.15) is 4.99 Å². The second-order valence-corrected chi connectivity index (χ2v) is 3.81. The highest BCUT2D eigenvalue weighted by Crippen LogP contribution is 2.23. The van der Waals surface area contributed by atoms with Gasteiger partial charge < -0.3 is 5.11 Å². The van der Waals surface area contributed by atoms with Gasteiger partial charge in [0.15, 0.2) is 0 Å². The first-order valence-corrected chi connectivity index (χ1v) is 4.96. The van der Waals surface area contributed by atoms with Crippen LogP contribution >= 0.6 is 0 Å². The average molecular weight is 205 g/mol. The van der Waals surface area contributed by atoms with Gasteiger partial charge in [0.05, 0.1) is 6.04 Å². The van der Waals surface area contributed by atoms with Crippen LogP contribution in [0, 0.1) is 5.92 Å². The molecule has 0 amide bonds. The number of aliphatic hydroxyl groups is 1. The first-order valence-electron chi connectivity index (χ1n) is 4.96. The first-order chi connectivity index (χ1) is 7.16. The zero-order valence-electron chi connectivity index (χ0n) is 8.92. The van der Waals surface area contributed by atoms with Crippen molar-refractivity contribution in [3.05, 3.63) is 35.9 Å². The highest BCUT2D eigenvalue weighted by atomic mass is 16.3. The van der Waals surface area contributed by atoms with Gasteiger partial charge in [0.2, 0.25) is 6.08 Å². The van der Waals surface area contributed by atoms with Crippen LogP contribution in [0.1, 0.15) is 25.5 Å². The van der Waals surface area contributed by atoms with Crippen LogP contribution in [-0.2, 0) is 4.79 Å². The molecule has 3 nitrogen and oxygen atoms in total. The molecular formula is C12H15NO2. The van der Waals surface area contributed by atoms with Crippen LogP contribution in [0.4, 0.5) is 0 Å². The molecule has 0 aliphatic rings. The van der Waals surface area contributed by atoms with Crippen molar-refractivity contribution in [2.45, 2.75) is 26.0 Å². The smallest absolute Gasteiger partial charge is 0.235 e. The SMILES string of the molecule is CC(C)[C@H](N=C=O)[C@H](O)c1ccccc1. The fraction of sp³-hybridized carbons (Fsp3) is 0.417. The highest BCUT2D eigenvalue weighted by Gasteiger charge is 2.23. The third-order valence-corrected chi connectivity index (χ3v) is 2.35. The Balaban J connectivity index is 2.90. The molecule has 0 saturated carbocycles. The lowest BCUT2D eigenvalue weighted by atomic mass is 9.94. The van der Waals surface area contributed by atoms with Crippen molar-refractivity contribution >= 4 is 6.08 Å². The van der Waals surface area contributed by atoms with Gasteiger partial charge in [-0.25, -0.2) is 4.79 Å². The van der Waals surface area contributed by atoms with Gasteiger partial charge in [0.25, 0.3) is 0 Å². The van der Waals surface area contributed by atoms with Crippen molar-refractivity contribution in [3.8, 4) is 0 Å². The predicted molar refractivity (Wildman–Crippen MR) is 58.1 cm³/mol. The molecule has 0 unspecified atom stereocenters. The van der Waals surface area contributed by atoms with E-state index >= 15 is 0 Å². The average Bonchev–Trinajstić information content (AvgIpc) is 2.26. The van der Waals surface area contributed by atoms with Gasteiger partial charge in [-0.3, -0.25) is 0 Å². The maximum atomic E-state index is 10.3. The minimum Gasteiger partial charge on any atom is -0.386 e. The fourth-order valence-electron chi connectivity index (χ4n) is 1.49. The summed E-state index contributed by atoms with van der Waals surface area (Å²) in [5.41, 5.74) is 0.773. The standard InChI is InChI=1S/C12H15NO2/c1-9(2)11(13-8-14)12(15)10-6-4-3-5-7-10/h3-7,9,11-12,15H,1-2H3/t11-,12+/m0/s1. The summed E-state index contributed by atoms with van der Waals surface area (Å²) >= 11 is 0. The number of aliphatic hydroxyl groups excluding tert-OH is 1. The van der Waals surface area contributed by atoms with E-state index in [4.69, 9.17) is 0 Å². The molecule has 15 heavy (non-hydrogen) atoms. The third kappa shape index (κ3) is 3.01. The van der Waals surface area contributed by atoms with Crippen LogP contribution in [0.3, 0.4) is 0 Å². The molecule has 1 rings (SSSR count). The molecule has 0 radical (unpaired) electrons. The van der Waals surface area contributed by atoms with Crippen LogP contribution in [0.15, 0.2) is 35.3 Å². The summed E-state index contributed by atoms with van der Waals surface area (Å²) in [6.45, 7) is 3.83. The Hall–Kier alpha value is -1.44. The number of carbonyl (C=O) groups excluding carboxylic acids is 1. The van der Waals surface area contributed by atoms with E-state index in [-0.39, 0.29) is 5.92 Å². The molecular weight excluding hydrogens is 190 g/mol. The van der Waals surface area contributed by atoms with E-state index in [1.54, 1.807) is 0 Å². The van der Waals surface area contributed by atoms with Crippen LogP contribution < -0.4 is 0 Å². The van der Waals surface area contributed by atoms with E-state index in [0.29, 0.717) is 0 Å². The van der Waals surface area contributed by atoms with Crippen molar-refractivity contribution in [2.24, 2.45) is 10.9 Å². The summed E-state index contributed by atoms with van der Waals surface area (Å²) in [5, 5.41) is 10.0. The zero-order chi connectivity index (χ0) is 11.3. The number of aliphatic imine (C=N–C) groups is 1. The van der Waals surface area contributed by atoms with Crippen LogP contribution in [0.5, 0.6) is 0 Å². The predicted octanol–water partition coefficient (Wildman–Crippen LogP) is 2.08. The molecule has 1 aromatic rings. The molecule has 1 aromatic carbocycles. The summed E-state index contributed by atoms with van der Waals surface area (Å²) in [7, 11) is 0. The summed E-state index contributed by atoms with van der Waals surface area (Å²) in [6, 6.07) is 8.79. The van der Waals surface area contributed by atoms with E-state index in [2.05, 4.69) is 4.99 Å². The van der Waals surface area contributed by atoms with Crippen molar-refractivity contribution in [3.63, 3.8) is 0 Å². The van der Waals surface area contributed by atoms with E-state index in [1.165, 1.54) is 6.08 Å². The lowest BCUT2D eigenvalue weighted by molar-refractivity contribution is 0.127. The molecule has 0 bridgehead atoms. The summed E-state index contributed by atoms with van der Waals surface area (Å²) in [6.07, 6.45) is 0.772.